The van der Waals surface area contributed by atoms with E-state index in [2.05, 4.69) is 35.2 Å². The summed E-state index contributed by atoms with van der Waals surface area (Å²) in [6, 6.07) is 11.1. The van der Waals surface area contributed by atoms with Gasteiger partial charge in [-0.15, -0.1) is 0 Å². The number of benzene rings is 1. The first-order valence-electron chi connectivity index (χ1n) is 5.70. The highest BCUT2D eigenvalue weighted by molar-refractivity contribution is 5.19. The van der Waals surface area contributed by atoms with Crippen LogP contribution in [0.4, 0.5) is 0 Å². The zero-order chi connectivity index (χ0) is 10.5. The first-order chi connectivity index (χ1) is 7.42. The summed E-state index contributed by atoms with van der Waals surface area (Å²) in [5.74, 6) is 0. The van der Waals surface area contributed by atoms with E-state index in [0.717, 1.165) is 6.61 Å². The molecule has 2 rings (SSSR count). The molecule has 0 aliphatic carbocycles. The third kappa shape index (κ3) is 2.58. The van der Waals surface area contributed by atoms with Crippen LogP contribution in [0.2, 0.25) is 0 Å². The van der Waals surface area contributed by atoms with Crippen molar-refractivity contribution in [2.45, 2.75) is 18.9 Å². The van der Waals surface area contributed by atoms with E-state index < -0.39 is 0 Å². The lowest BCUT2D eigenvalue weighted by atomic mass is 10.1. The van der Waals surface area contributed by atoms with E-state index in [1.165, 1.54) is 31.5 Å². The first-order valence-corrected chi connectivity index (χ1v) is 5.70. The predicted octanol–water partition coefficient (Wildman–Crippen LogP) is 2.47. The van der Waals surface area contributed by atoms with Gasteiger partial charge in [0.05, 0.1) is 12.6 Å². The Morgan fingerprint density at radius 3 is 2.47 bits per heavy atom. The van der Waals surface area contributed by atoms with Crippen molar-refractivity contribution in [3.63, 3.8) is 0 Å². The molecule has 1 aliphatic heterocycles. The van der Waals surface area contributed by atoms with Gasteiger partial charge in [0.25, 0.3) is 0 Å². The first kappa shape index (κ1) is 10.7. The van der Waals surface area contributed by atoms with Crippen LogP contribution in [0.15, 0.2) is 30.3 Å². The maximum Gasteiger partial charge on any atom is 0.0659 e. The topological polar surface area (TPSA) is 12.5 Å². The lowest BCUT2D eigenvalue weighted by Crippen LogP contribution is -2.28. The Kier molecular flexibility index (Phi) is 3.75. The van der Waals surface area contributed by atoms with Crippen molar-refractivity contribution in [3.05, 3.63) is 35.9 Å². The molecular weight excluding hydrogens is 186 g/mol. The summed E-state index contributed by atoms with van der Waals surface area (Å²) in [6.45, 7) is 3.22. The molecule has 0 bridgehead atoms. The number of hydrogen-bond donors (Lipinski definition) is 0. The molecule has 2 heteroatoms. The van der Waals surface area contributed by atoms with Gasteiger partial charge in [-0.25, -0.2) is 0 Å². The van der Waals surface area contributed by atoms with Gasteiger partial charge >= 0.3 is 0 Å². The van der Waals surface area contributed by atoms with Crippen LogP contribution in [0.5, 0.6) is 0 Å². The third-order valence-corrected chi connectivity index (χ3v) is 3.09. The molecule has 1 aliphatic rings. The fraction of sp³-hybridized carbons (Fsp3) is 0.538. The quantitative estimate of drug-likeness (QED) is 0.748. The second-order valence-corrected chi connectivity index (χ2v) is 4.12. The van der Waals surface area contributed by atoms with E-state index in [-0.39, 0.29) is 0 Å². The summed E-state index contributed by atoms with van der Waals surface area (Å²) in [6.07, 6.45) is 2.65. The highest BCUT2D eigenvalue weighted by Gasteiger charge is 2.22. The fourth-order valence-corrected chi connectivity index (χ4v) is 2.30. The minimum Gasteiger partial charge on any atom is -0.383 e. The van der Waals surface area contributed by atoms with Gasteiger partial charge in [0, 0.05) is 7.11 Å². The summed E-state index contributed by atoms with van der Waals surface area (Å²) < 4.78 is 5.33. The minimum atomic E-state index is 0.443. The van der Waals surface area contributed by atoms with Crippen molar-refractivity contribution in [2.24, 2.45) is 0 Å². The van der Waals surface area contributed by atoms with Gasteiger partial charge in [-0.3, -0.25) is 4.90 Å². The number of nitrogens with zero attached hydrogens (tertiary/aromatic N) is 1. The maximum absolute atomic E-state index is 5.33. The van der Waals surface area contributed by atoms with Gasteiger partial charge in [-0.2, -0.15) is 0 Å². The van der Waals surface area contributed by atoms with Crippen molar-refractivity contribution < 1.29 is 4.74 Å². The number of hydrogen-bond acceptors (Lipinski definition) is 2. The zero-order valence-corrected chi connectivity index (χ0v) is 9.36. The van der Waals surface area contributed by atoms with Crippen LogP contribution < -0.4 is 0 Å². The van der Waals surface area contributed by atoms with Crippen LogP contribution in [0, 0.1) is 0 Å². The summed E-state index contributed by atoms with van der Waals surface area (Å²) in [5.41, 5.74) is 1.38. The maximum atomic E-state index is 5.33. The van der Waals surface area contributed by atoms with Crippen LogP contribution in [0.1, 0.15) is 24.4 Å². The molecule has 2 nitrogen and oxygen atoms in total. The number of likely N-dealkylation sites (tertiary alicyclic amines) is 1. The fourth-order valence-electron chi connectivity index (χ4n) is 2.30. The SMILES string of the molecule is COCC(c1ccccc1)N1CCCC1. The van der Waals surface area contributed by atoms with E-state index in [4.69, 9.17) is 4.74 Å². The molecule has 1 fully saturated rings. The van der Waals surface area contributed by atoms with Crippen LogP contribution in [-0.2, 0) is 4.74 Å². The Bertz CT molecular complexity index is 280. The Labute approximate surface area is 91.9 Å². The van der Waals surface area contributed by atoms with E-state index >= 15 is 0 Å². The van der Waals surface area contributed by atoms with Crippen molar-refractivity contribution >= 4 is 0 Å². The van der Waals surface area contributed by atoms with Crippen LogP contribution >= 0.6 is 0 Å². The van der Waals surface area contributed by atoms with E-state index in [9.17, 15) is 0 Å². The minimum absolute atomic E-state index is 0.443. The Morgan fingerprint density at radius 1 is 1.20 bits per heavy atom. The molecule has 15 heavy (non-hydrogen) atoms. The van der Waals surface area contributed by atoms with Crippen molar-refractivity contribution in [3.8, 4) is 0 Å². The lowest BCUT2D eigenvalue weighted by Gasteiger charge is -2.27. The van der Waals surface area contributed by atoms with Crippen molar-refractivity contribution in [2.75, 3.05) is 26.8 Å². The second-order valence-electron chi connectivity index (χ2n) is 4.12. The molecule has 1 saturated heterocycles. The van der Waals surface area contributed by atoms with Gasteiger partial charge in [-0.05, 0) is 31.5 Å². The molecule has 0 spiro atoms. The smallest absolute Gasteiger partial charge is 0.0659 e. The molecule has 1 heterocycles. The van der Waals surface area contributed by atoms with Crippen LogP contribution in [-0.4, -0.2) is 31.7 Å². The van der Waals surface area contributed by atoms with Crippen LogP contribution in [0.25, 0.3) is 0 Å². The van der Waals surface area contributed by atoms with Gasteiger partial charge in [0.2, 0.25) is 0 Å². The molecule has 82 valence electrons. The molecular formula is C13H19NO. The molecule has 1 aromatic rings. The Morgan fingerprint density at radius 2 is 1.87 bits per heavy atom. The number of methoxy groups -OCH3 is 1. The van der Waals surface area contributed by atoms with Gasteiger partial charge < -0.3 is 4.74 Å². The van der Waals surface area contributed by atoms with Crippen molar-refractivity contribution in [1.82, 2.24) is 4.90 Å². The van der Waals surface area contributed by atoms with Gasteiger partial charge in [0.1, 0.15) is 0 Å². The molecule has 1 atom stereocenters. The molecule has 1 unspecified atom stereocenters. The summed E-state index contributed by atoms with van der Waals surface area (Å²) >= 11 is 0. The molecule has 0 saturated carbocycles. The average molecular weight is 205 g/mol. The van der Waals surface area contributed by atoms with Gasteiger partial charge in [0.15, 0.2) is 0 Å². The van der Waals surface area contributed by atoms with Gasteiger partial charge in [-0.1, -0.05) is 30.3 Å². The normalized spacial score (nSPS) is 19.3. The summed E-state index contributed by atoms with van der Waals surface area (Å²) in [7, 11) is 1.78. The molecule has 0 aromatic heterocycles. The van der Waals surface area contributed by atoms with Crippen LogP contribution in [0.3, 0.4) is 0 Å². The summed E-state index contributed by atoms with van der Waals surface area (Å²) in [5, 5.41) is 0. The zero-order valence-electron chi connectivity index (χ0n) is 9.36. The lowest BCUT2D eigenvalue weighted by molar-refractivity contribution is 0.105. The highest BCUT2D eigenvalue weighted by Crippen LogP contribution is 2.24. The monoisotopic (exact) mass is 205 g/mol. The number of rotatable bonds is 4. The second kappa shape index (κ2) is 5.29. The largest absolute Gasteiger partial charge is 0.383 e. The van der Waals surface area contributed by atoms with E-state index in [1.54, 1.807) is 7.11 Å². The van der Waals surface area contributed by atoms with Crippen molar-refractivity contribution in [1.29, 1.82) is 0 Å². The molecule has 0 amide bonds. The molecule has 0 radical (unpaired) electrons. The third-order valence-electron chi connectivity index (χ3n) is 3.09. The van der Waals surface area contributed by atoms with E-state index in [0.29, 0.717) is 6.04 Å². The molecule has 1 aromatic carbocycles. The summed E-state index contributed by atoms with van der Waals surface area (Å²) in [4.78, 5) is 2.53. The predicted molar refractivity (Wildman–Crippen MR) is 61.9 cm³/mol. The Balaban J connectivity index is 2.11. The standard InChI is InChI=1S/C13H19NO/c1-15-11-13(14-9-5-6-10-14)12-7-3-2-4-8-12/h2-4,7-8,13H,5-6,9-11H2,1H3. The number of ether oxygens (including phenoxy) is 1. The average Bonchev–Trinajstić information content (AvgIpc) is 2.80. The highest BCUT2D eigenvalue weighted by atomic mass is 16.5. The van der Waals surface area contributed by atoms with E-state index in [1.807, 2.05) is 0 Å². The molecule has 0 N–H and O–H groups in total. The Hall–Kier alpha value is -0.860.